The van der Waals surface area contributed by atoms with Gasteiger partial charge >= 0.3 is 0 Å². The summed E-state index contributed by atoms with van der Waals surface area (Å²) in [6.45, 7) is 3.49. The molecule has 1 aromatic carbocycles. The molecule has 1 aliphatic heterocycles. The summed E-state index contributed by atoms with van der Waals surface area (Å²) in [6, 6.07) is 6.15. The molecule has 0 unspecified atom stereocenters. The molecule has 20 heavy (non-hydrogen) atoms. The Hall–Kier alpha value is -1.35. The van der Waals surface area contributed by atoms with E-state index in [2.05, 4.69) is 24.4 Å². The van der Waals surface area contributed by atoms with Gasteiger partial charge in [-0.15, -0.1) is 0 Å². The Morgan fingerprint density at radius 3 is 2.80 bits per heavy atom. The van der Waals surface area contributed by atoms with E-state index in [0.717, 1.165) is 37.9 Å². The van der Waals surface area contributed by atoms with Gasteiger partial charge in [-0.25, -0.2) is 0 Å². The lowest BCUT2D eigenvalue weighted by Gasteiger charge is -2.23. The molecular weight excluding hydrogens is 250 g/mol. The third-order valence-corrected chi connectivity index (χ3v) is 4.53. The third-order valence-electron chi connectivity index (χ3n) is 4.53. The fourth-order valence-electron chi connectivity index (χ4n) is 3.22. The molecular formula is C17H23NO2. The van der Waals surface area contributed by atoms with Gasteiger partial charge in [0.25, 0.3) is 5.91 Å². The summed E-state index contributed by atoms with van der Waals surface area (Å²) >= 11 is 0. The number of fused-ring (bicyclic) bond motifs is 1. The normalized spacial score (nSPS) is 25.2. The van der Waals surface area contributed by atoms with Crippen molar-refractivity contribution in [1.29, 1.82) is 0 Å². The van der Waals surface area contributed by atoms with Gasteiger partial charge in [0.05, 0.1) is 5.60 Å². The number of amides is 1. The topological polar surface area (TPSA) is 38.3 Å². The molecule has 0 radical (unpaired) electrons. The van der Waals surface area contributed by atoms with Crippen molar-refractivity contribution >= 4 is 5.91 Å². The standard InChI is InChI=1S/C17H23NO2/c1-17(9-4-10-20-17)12-18-16(19)15-8-7-13-5-2-3-6-14(13)11-15/h7-8,11H,2-6,9-10,12H2,1H3,(H,18,19)/t17-/m0/s1. The molecule has 1 saturated heterocycles. The molecule has 1 fully saturated rings. The number of hydrogen-bond donors (Lipinski definition) is 1. The molecule has 1 amide bonds. The highest BCUT2D eigenvalue weighted by atomic mass is 16.5. The summed E-state index contributed by atoms with van der Waals surface area (Å²) in [7, 11) is 0. The summed E-state index contributed by atoms with van der Waals surface area (Å²) < 4.78 is 5.70. The zero-order chi connectivity index (χ0) is 14.0. The number of nitrogens with one attached hydrogen (secondary N) is 1. The molecule has 3 rings (SSSR count). The van der Waals surface area contributed by atoms with Crippen molar-refractivity contribution < 1.29 is 9.53 Å². The molecule has 0 aromatic heterocycles. The predicted octanol–water partition coefficient (Wildman–Crippen LogP) is 2.86. The van der Waals surface area contributed by atoms with Crippen LogP contribution in [0.1, 0.15) is 54.1 Å². The lowest BCUT2D eigenvalue weighted by Crippen LogP contribution is -2.40. The van der Waals surface area contributed by atoms with Gasteiger partial charge in [0, 0.05) is 18.7 Å². The lowest BCUT2D eigenvalue weighted by atomic mass is 9.90. The quantitative estimate of drug-likeness (QED) is 0.919. The van der Waals surface area contributed by atoms with Crippen molar-refractivity contribution in [3.05, 3.63) is 34.9 Å². The van der Waals surface area contributed by atoms with E-state index in [1.165, 1.54) is 24.0 Å². The third kappa shape index (κ3) is 2.88. The first-order valence-electron chi connectivity index (χ1n) is 7.70. The Labute approximate surface area is 120 Å². The molecule has 108 valence electrons. The molecule has 3 nitrogen and oxygen atoms in total. The maximum absolute atomic E-state index is 12.3. The van der Waals surface area contributed by atoms with E-state index in [1.54, 1.807) is 0 Å². The van der Waals surface area contributed by atoms with Crippen molar-refractivity contribution in [3.8, 4) is 0 Å². The van der Waals surface area contributed by atoms with Crippen LogP contribution in [0, 0.1) is 0 Å². The molecule has 0 saturated carbocycles. The Balaban J connectivity index is 1.65. The summed E-state index contributed by atoms with van der Waals surface area (Å²) in [5.74, 6) is 0.0232. The van der Waals surface area contributed by atoms with E-state index in [4.69, 9.17) is 4.74 Å². The van der Waals surface area contributed by atoms with E-state index in [0.29, 0.717) is 6.54 Å². The number of ether oxygens (including phenoxy) is 1. The minimum absolute atomic E-state index is 0.0232. The number of benzene rings is 1. The maximum atomic E-state index is 12.3. The van der Waals surface area contributed by atoms with Crippen molar-refractivity contribution in [3.63, 3.8) is 0 Å². The molecule has 0 spiro atoms. The first kappa shape index (κ1) is 13.6. The summed E-state index contributed by atoms with van der Waals surface area (Å²) in [5.41, 5.74) is 3.38. The van der Waals surface area contributed by atoms with Gasteiger partial charge in [0.1, 0.15) is 0 Å². The van der Waals surface area contributed by atoms with Crippen molar-refractivity contribution in [2.75, 3.05) is 13.2 Å². The molecule has 1 heterocycles. The van der Waals surface area contributed by atoms with Gasteiger partial charge < -0.3 is 10.1 Å². The Morgan fingerprint density at radius 1 is 1.25 bits per heavy atom. The van der Waals surface area contributed by atoms with Crippen LogP contribution < -0.4 is 5.32 Å². The lowest BCUT2D eigenvalue weighted by molar-refractivity contribution is 0.0206. The second-order valence-corrected chi connectivity index (χ2v) is 6.28. The van der Waals surface area contributed by atoms with Crippen LogP contribution in [0.4, 0.5) is 0 Å². The van der Waals surface area contributed by atoms with Crippen molar-refractivity contribution in [1.82, 2.24) is 5.32 Å². The Morgan fingerprint density at radius 2 is 2.05 bits per heavy atom. The van der Waals surface area contributed by atoms with E-state index < -0.39 is 0 Å². The maximum Gasteiger partial charge on any atom is 0.251 e. The van der Waals surface area contributed by atoms with Crippen LogP contribution in [-0.2, 0) is 17.6 Å². The zero-order valence-electron chi connectivity index (χ0n) is 12.2. The predicted molar refractivity (Wildman–Crippen MR) is 79.0 cm³/mol. The summed E-state index contributed by atoms with van der Waals surface area (Å²) in [5, 5.41) is 3.02. The average Bonchev–Trinajstić information content (AvgIpc) is 2.91. The van der Waals surface area contributed by atoms with E-state index in [-0.39, 0.29) is 11.5 Å². The highest BCUT2D eigenvalue weighted by molar-refractivity contribution is 5.94. The average molecular weight is 273 g/mol. The fraction of sp³-hybridized carbons (Fsp3) is 0.588. The highest BCUT2D eigenvalue weighted by Crippen LogP contribution is 2.25. The summed E-state index contributed by atoms with van der Waals surface area (Å²) in [4.78, 5) is 12.3. The SMILES string of the molecule is C[C@@]1(CNC(=O)c2ccc3c(c2)CCCC3)CCCO1. The molecule has 1 N–H and O–H groups in total. The zero-order valence-corrected chi connectivity index (χ0v) is 12.2. The Bertz CT molecular complexity index is 504. The van der Waals surface area contributed by atoms with Crippen LogP contribution >= 0.6 is 0 Å². The fourth-order valence-corrected chi connectivity index (χ4v) is 3.22. The largest absolute Gasteiger partial charge is 0.373 e. The first-order valence-corrected chi connectivity index (χ1v) is 7.70. The van der Waals surface area contributed by atoms with E-state index >= 15 is 0 Å². The first-order chi connectivity index (χ1) is 9.66. The molecule has 3 heteroatoms. The van der Waals surface area contributed by atoms with Gasteiger partial charge in [0.15, 0.2) is 0 Å². The second kappa shape index (κ2) is 5.57. The van der Waals surface area contributed by atoms with Crippen LogP contribution in [0.25, 0.3) is 0 Å². The van der Waals surface area contributed by atoms with Crippen molar-refractivity contribution in [2.45, 2.75) is 51.0 Å². The van der Waals surface area contributed by atoms with Crippen LogP contribution in [0.5, 0.6) is 0 Å². The van der Waals surface area contributed by atoms with Crippen LogP contribution in [-0.4, -0.2) is 24.7 Å². The molecule has 1 aliphatic carbocycles. The van der Waals surface area contributed by atoms with E-state index in [9.17, 15) is 4.79 Å². The smallest absolute Gasteiger partial charge is 0.251 e. The van der Waals surface area contributed by atoms with Gasteiger partial charge in [0.2, 0.25) is 0 Å². The molecule has 2 aliphatic rings. The number of rotatable bonds is 3. The molecule has 1 atom stereocenters. The van der Waals surface area contributed by atoms with Gasteiger partial charge in [-0.1, -0.05) is 6.07 Å². The van der Waals surface area contributed by atoms with Crippen LogP contribution in [0.3, 0.4) is 0 Å². The number of carbonyl (C=O) groups excluding carboxylic acids is 1. The molecule has 1 aromatic rings. The highest BCUT2D eigenvalue weighted by Gasteiger charge is 2.30. The van der Waals surface area contributed by atoms with Crippen LogP contribution in [0.15, 0.2) is 18.2 Å². The monoisotopic (exact) mass is 273 g/mol. The van der Waals surface area contributed by atoms with Gasteiger partial charge in [-0.05, 0) is 68.7 Å². The van der Waals surface area contributed by atoms with E-state index in [1.807, 2.05) is 6.07 Å². The van der Waals surface area contributed by atoms with Crippen molar-refractivity contribution in [2.24, 2.45) is 0 Å². The minimum atomic E-state index is -0.177. The number of hydrogen-bond acceptors (Lipinski definition) is 2. The Kier molecular flexibility index (Phi) is 3.79. The minimum Gasteiger partial charge on any atom is -0.373 e. The van der Waals surface area contributed by atoms with Gasteiger partial charge in [-0.2, -0.15) is 0 Å². The summed E-state index contributed by atoms with van der Waals surface area (Å²) in [6.07, 6.45) is 6.89. The number of carbonyl (C=O) groups is 1. The van der Waals surface area contributed by atoms with Gasteiger partial charge in [-0.3, -0.25) is 4.79 Å². The molecule has 0 bridgehead atoms. The number of aryl methyl sites for hydroxylation is 2. The van der Waals surface area contributed by atoms with Crippen LogP contribution in [0.2, 0.25) is 0 Å². The second-order valence-electron chi connectivity index (χ2n) is 6.28.